The second-order valence-electron chi connectivity index (χ2n) is 5.19. The molecule has 1 aromatic carbocycles. The van der Waals surface area contributed by atoms with Gasteiger partial charge >= 0.3 is 0 Å². The summed E-state index contributed by atoms with van der Waals surface area (Å²) in [6, 6.07) is 7.50. The van der Waals surface area contributed by atoms with Gasteiger partial charge in [-0.2, -0.15) is 4.31 Å². The first-order valence-corrected chi connectivity index (χ1v) is 8.95. The van der Waals surface area contributed by atoms with Crippen molar-refractivity contribution in [2.75, 3.05) is 18.4 Å². The first kappa shape index (κ1) is 16.0. The van der Waals surface area contributed by atoms with Gasteiger partial charge in [0, 0.05) is 18.8 Å². The van der Waals surface area contributed by atoms with Gasteiger partial charge in [-0.05, 0) is 43.2 Å². The number of hydrogen-bond donors (Lipinski definition) is 1. The van der Waals surface area contributed by atoms with Gasteiger partial charge < -0.3 is 9.73 Å². The lowest BCUT2D eigenvalue weighted by Crippen LogP contribution is -2.28. The monoisotopic (exact) mass is 354 g/mol. The molecule has 1 amide bonds. The van der Waals surface area contributed by atoms with Gasteiger partial charge in [0.2, 0.25) is 10.0 Å². The van der Waals surface area contributed by atoms with Gasteiger partial charge in [0.25, 0.3) is 5.91 Å². The van der Waals surface area contributed by atoms with E-state index in [0.29, 0.717) is 18.8 Å². The van der Waals surface area contributed by atoms with Crippen molar-refractivity contribution in [3.63, 3.8) is 0 Å². The lowest BCUT2D eigenvalue weighted by atomic mass is 10.3. The van der Waals surface area contributed by atoms with E-state index in [-0.39, 0.29) is 15.7 Å². The molecule has 2 heterocycles. The SMILES string of the molecule is O=C(Nc1ccc(Cl)c(S(=O)(=O)N2CCCC2)c1)c1ccco1. The number of sulfonamides is 1. The average Bonchev–Trinajstić information content (AvgIpc) is 3.22. The fourth-order valence-corrected chi connectivity index (χ4v) is 4.46. The quantitative estimate of drug-likeness (QED) is 0.915. The number of amides is 1. The molecular weight excluding hydrogens is 340 g/mol. The lowest BCUT2D eigenvalue weighted by Gasteiger charge is -2.17. The first-order chi connectivity index (χ1) is 11.0. The Hall–Kier alpha value is -1.83. The van der Waals surface area contributed by atoms with E-state index in [1.807, 2.05) is 0 Å². The second-order valence-corrected chi connectivity index (χ2v) is 7.50. The van der Waals surface area contributed by atoms with Crippen molar-refractivity contribution in [2.24, 2.45) is 0 Å². The van der Waals surface area contributed by atoms with Crippen molar-refractivity contribution < 1.29 is 17.6 Å². The molecule has 3 rings (SSSR count). The summed E-state index contributed by atoms with van der Waals surface area (Å²) in [4.78, 5) is 12.0. The molecule has 2 aromatic rings. The third-order valence-corrected chi connectivity index (χ3v) is 6.00. The third-order valence-electron chi connectivity index (χ3n) is 3.62. The van der Waals surface area contributed by atoms with Crippen LogP contribution in [0.5, 0.6) is 0 Å². The van der Waals surface area contributed by atoms with E-state index in [9.17, 15) is 13.2 Å². The van der Waals surface area contributed by atoms with Gasteiger partial charge in [0.1, 0.15) is 4.90 Å². The summed E-state index contributed by atoms with van der Waals surface area (Å²) in [6.45, 7) is 0.975. The Balaban J connectivity index is 1.89. The number of rotatable bonds is 4. The van der Waals surface area contributed by atoms with Crippen molar-refractivity contribution in [1.82, 2.24) is 4.31 Å². The lowest BCUT2D eigenvalue weighted by molar-refractivity contribution is 0.0996. The minimum Gasteiger partial charge on any atom is -0.459 e. The third kappa shape index (κ3) is 3.26. The predicted molar refractivity (Wildman–Crippen MR) is 86.1 cm³/mol. The highest BCUT2D eigenvalue weighted by molar-refractivity contribution is 7.89. The Morgan fingerprint density at radius 3 is 2.61 bits per heavy atom. The van der Waals surface area contributed by atoms with Crippen LogP contribution in [0, 0.1) is 0 Å². The Labute approximate surface area is 139 Å². The summed E-state index contributed by atoms with van der Waals surface area (Å²) < 4.78 is 31.7. The molecule has 1 N–H and O–H groups in total. The van der Waals surface area contributed by atoms with E-state index in [0.717, 1.165) is 12.8 Å². The number of furan rings is 1. The van der Waals surface area contributed by atoms with Crippen LogP contribution in [0.2, 0.25) is 5.02 Å². The molecule has 1 aliphatic rings. The number of halogens is 1. The molecule has 0 unspecified atom stereocenters. The van der Waals surface area contributed by atoms with E-state index in [1.165, 1.54) is 28.8 Å². The van der Waals surface area contributed by atoms with Crippen molar-refractivity contribution in [1.29, 1.82) is 0 Å². The van der Waals surface area contributed by atoms with Crippen LogP contribution in [-0.2, 0) is 10.0 Å². The Bertz CT molecular complexity index is 812. The zero-order valence-corrected chi connectivity index (χ0v) is 13.7. The van der Waals surface area contributed by atoms with Gasteiger partial charge in [-0.15, -0.1) is 0 Å². The van der Waals surface area contributed by atoms with E-state index >= 15 is 0 Å². The zero-order valence-electron chi connectivity index (χ0n) is 12.2. The largest absolute Gasteiger partial charge is 0.459 e. The van der Waals surface area contributed by atoms with E-state index in [4.69, 9.17) is 16.0 Å². The summed E-state index contributed by atoms with van der Waals surface area (Å²) in [5.41, 5.74) is 0.341. The topological polar surface area (TPSA) is 79.6 Å². The van der Waals surface area contributed by atoms with Crippen LogP contribution in [0.15, 0.2) is 45.9 Å². The van der Waals surface area contributed by atoms with Gasteiger partial charge in [0.05, 0.1) is 11.3 Å². The standard InChI is InChI=1S/C15H15ClN2O4S/c16-12-6-5-11(17-15(19)13-4-3-9-22-13)10-14(12)23(20,21)18-7-1-2-8-18/h3-6,9-10H,1-2,7-8H2,(H,17,19). The van der Waals surface area contributed by atoms with Crippen molar-refractivity contribution >= 4 is 33.2 Å². The smallest absolute Gasteiger partial charge is 0.291 e. The number of carbonyl (C=O) groups is 1. The molecule has 1 fully saturated rings. The fourth-order valence-electron chi connectivity index (χ4n) is 2.45. The molecule has 0 radical (unpaired) electrons. The highest BCUT2D eigenvalue weighted by Gasteiger charge is 2.29. The zero-order chi connectivity index (χ0) is 16.4. The summed E-state index contributed by atoms with van der Waals surface area (Å²) in [7, 11) is -3.65. The van der Waals surface area contributed by atoms with Crippen molar-refractivity contribution in [2.45, 2.75) is 17.7 Å². The molecule has 23 heavy (non-hydrogen) atoms. The van der Waals surface area contributed by atoms with Crippen LogP contribution in [0.3, 0.4) is 0 Å². The van der Waals surface area contributed by atoms with Crippen LogP contribution < -0.4 is 5.32 Å². The molecule has 1 saturated heterocycles. The normalized spacial score (nSPS) is 15.7. The molecule has 0 saturated carbocycles. The van der Waals surface area contributed by atoms with Crippen LogP contribution in [0.25, 0.3) is 0 Å². The number of carbonyl (C=O) groups excluding carboxylic acids is 1. The molecule has 122 valence electrons. The van der Waals surface area contributed by atoms with Crippen molar-refractivity contribution in [3.8, 4) is 0 Å². The molecule has 0 atom stereocenters. The van der Waals surface area contributed by atoms with Gasteiger partial charge in [-0.3, -0.25) is 4.79 Å². The molecule has 8 heteroatoms. The predicted octanol–water partition coefficient (Wildman–Crippen LogP) is 2.97. The molecule has 0 bridgehead atoms. The minimum absolute atomic E-state index is 0.00156. The number of hydrogen-bond acceptors (Lipinski definition) is 4. The van der Waals surface area contributed by atoms with E-state index in [1.54, 1.807) is 12.1 Å². The van der Waals surface area contributed by atoms with Gasteiger partial charge in [-0.25, -0.2) is 8.42 Å². The minimum atomic E-state index is -3.65. The Morgan fingerprint density at radius 1 is 1.22 bits per heavy atom. The maximum absolute atomic E-state index is 12.6. The number of anilines is 1. The summed E-state index contributed by atoms with van der Waals surface area (Å²) in [6.07, 6.45) is 3.07. The molecule has 1 aromatic heterocycles. The molecular formula is C15H15ClN2O4S. The number of benzene rings is 1. The number of nitrogens with one attached hydrogen (secondary N) is 1. The molecule has 1 aliphatic heterocycles. The van der Waals surface area contributed by atoms with Crippen LogP contribution in [-0.4, -0.2) is 31.7 Å². The maximum atomic E-state index is 12.6. The molecule has 0 spiro atoms. The average molecular weight is 355 g/mol. The van der Waals surface area contributed by atoms with Crippen LogP contribution >= 0.6 is 11.6 Å². The van der Waals surface area contributed by atoms with Gasteiger partial charge in [0.15, 0.2) is 5.76 Å². The van der Waals surface area contributed by atoms with E-state index < -0.39 is 15.9 Å². The second kappa shape index (κ2) is 6.35. The van der Waals surface area contributed by atoms with E-state index in [2.05, 4.69) is 5.32 Å². The first-order valence-electron chi connectivity index (χ1n) is 7.13. The number of nitrogens with zero attached hydrogens (tertiary/aromatic N) is 1. The maximum Gasteiger partial charge on any atom is 0.291 e. The highest BCUT2D eigenvalue weighted by atomic mass is 35.5. The Morgan fingerprint density at radius 2 is 1.96 bits per heavy atom. The molecule has 6 nitrogen and oxygen atoms in total. The molecule has 0 aliphatic carbocycles. The summed E-state index contributed by atoms with van der Waals surface area (Å²) in [5.74, 6) is -0.314. The highest BCUT2D eigenvalue weighted by Crippen LogP contribution is 2.29. The van der Waals surface area contributed by atoms with Crippen molar-refractivity contribution in [3.05, 3.63) is 47.4 Å². The summed E-state index contributed by atoms with van der Waals surface area (Å²) in [5, 5.41) is 2.73. The van der Waals surface area contributed by atoms with Gasteiger partial charge in [-0.1, -0.05) is 11.6 Å². The van der Waals surface area contributed by atoms with Crippen LogP contribution in [0.1, 0.15) is 23.4 Å². The van der Waals surface area contributed by atoms with Crippen LogP contribution in [0.4, 0.5) is 5.69 Å². The Kier molecular flexibility index (Phi) is 4.43. The fraction of sp³-hybridized carbons (Fsp3) is 0.267. The summed E-state index contributed by atoms with van der Waals surface area (Å²) >= 11 is 6.06.